The van der Waals surface area contributed by atoms with Crippen molar-refractivity contribution in [1.29, 1.82) is 0 Å². The zero-order valence-electron chi connectivity index (χ0n) is 11.4. The van der Waals surface area contributed by atoms with Crippen LogP contribution in [0.5, 0.6) is 5.75 Å². The Hall–Kier alpha value is -1.02. The van der Waals surface area contributed by atoms with Gasteiger partial charge in [-0.2, -0.15) is 0 Å². The number of aromatic hydroxyl groups is 1. The van der Waals surface area contributed by atoms with Crippen LogP contribution in [0, 0.1) is 0 Å². The molecule has 2 heteroatoms. The van der Waals surface area contributed by atoms with Crippen molar-refractivity contribution in [1.82, 2.24) is 5.32 Å². The smallest absolute Gasteiger partial charge is 0.120 e. The predicted octanol–water partition coefficient (Wildman–Crippen LogP) is 4.16. The molecule has 2 nitrogen and oxygen atoms in total. The number of phenolic OH excluding ortho intramolecular Hbond substituents is 1. The van der Waals surface area contributed by atoms with E-state index in [1.54, 1.807) is 6.07 Å². The number of para-hydroxylation sites is 1. The molecule has 100 valence electrons. The highest BCUT2D eigenvalue weighted by atomic mass is 16.3. The van der Waals surface area contributed by atoms with E-state index in [4.69, 9.17) is 0 Å². The minimum absolute atomic E-state index is 0.286. The van der Waals surface area contributed by atoms with E-state index in [2.05, 4.69) is 12.2 Å². The van der Waals surface area contributed by atoms with Crippen LogP contribution >= 0.6 is 0 Å². The number of hydrogen-bond acceptors (Lipinski definition) is 2. The van der Waals surface area contributed by atoms with Gasteiger partial charge in [-0.05, 0) is 25.3 Å². The Morgan fingerprint density at radius 2 is 1.83 bits per heavy atom. The average Bonchev–Trinajstić information content (AvgIpc) is 2.65. The molecular weight excluding hydrogens is 222 g/mol. The van der Waals surface area contributed by atoms with Crippen molar-refractivity contribution in [3.63, 3.8) is 0 Å². The second kappa shape index (κ2) is 6.79. The van der Waals surface area contributed by atoms with Crippen LogP contribution < -0.4 is 5.32 Å². The van der Waals surface area contributed by atoms with Gasteiger partial charge in [0.05, 0.1) is 0 Å². The lowest BCUT2D eigenvalue weighted by Crippen LogP contribution is -2.32. The van der Waals surface area contributed by atoms with Gasteiger partial charge in [0.1, 0.15) is 5.75 Å². The lowest BCUT2D eigenvalue weighted by Gasteiger charge is -2.25. The lowest BCUT2D eigenvalue weighted by atomic mass is 10.00. The number of benzene rings is 1. The first-order valence-electron chi connectivity index (χ1n) is 7.35. The zero-order chi connectivity index (χ0) is 12.8. The number of hydrogen-bond donors (Lipinski definition) is 2. The van der Waals surface area contributed by atoms with E-state index in [1.807, 2.05) is 18.2 Å². The molecule has 1 saturated carbocycles. The lowest BCUT2D eigenvalue weighted by molar-refractivity contribution is 0.378. The van der Waals surface area contributed by atoms with E-state index in [0.717, 1.165) is 12.0 Å². The molecule has 0 amide bonds. The monoisotopic (exact) mass is 247 g/mol. The summed E-state index contributed by atoms with van der Waals surface area (Å²) in [5.41, 5.74) is 1.05. The summed E-state index contributed by atoms with van der Waals surface area (Å²) in [5, 5.41) is 13.7. The summed E-state index contributed by atoms with van der Waals surface area (Å²) in [6.07, 6.45) is 9.03. The Kier molecular flexibility index (Phi) is 5.06. The van der Waals surface area contributed by atoms with Crippen LogP contribution in [-0.2, 0) is 0 Å². The van der Waals surface area contributed by atoms with Crippen molar-refractivity contribution in [2.45, 2.75) is 64.0 Å². The fourth-order valence-electron chi connectivity index (χ4n) is 2.94. The molecule has 18 heavy (non-hydrogen) atoms. The van der Waals surface area contributed by atoms with Gasteiger partial charge < -0.3 is 10.4 Å². The molecule has 2 N–H and O–H groups in total. The van der Waals surface area contributed by atoms with Gasteiger partial charge in [-0.25, -0.2) is 0 Å². The maximum absolute atomic E-state index is 9.96. The molecule has 0 heterocycles. The zero-order valence-corrected chi connectivity index (χ0v) is 11.4. The molecule has 1 aliphatic rings. The Morgan fingerprint density at radius 1 is 1.17 bits per heavy atom. The number of nitrogens with one attached hydrogen (secondary N) is 1. The maximum atomic E-state index is 9.96. The second-order valence-electron chi connectivity index (χ2n) is 5.37. The summed E-state index contributed by atoms with van der Waals surface area (Å²) >= 11 is 0. The van der Waals surface area contributed by atoms with Gasteiger partial charge in [0.15, 0.2) is 0 Å². The van der Waals surface area contributed by atoms with Gasteiger partial charge in [-0.3, -0.25) is 0 Å². The van der Waals surface area contributed by atoms with Gasteiger partial charge >= 0.3 is 0 Å². The van der Waals surface area contributed by atoms with Crippen LogP contribution in [-0.4, -0.2) is 11.1 Å². The third-order valence-corrected chi connectivity index (χ3v) is 4.01. The highest BCUT2D eigenvalue weighted by molar-refractivity contribution is 5.34. The average molecular weight is 247 g/mol. The predicted molar refractivity (Wildman–Crippen MR) is 75.8 cm³/mol. The van der Waals surface area contributed by atoms with E-state index < -0.39 is 0 Å². The Bertz CT molecular complexity index is 356. The third-order valence-electron chi connectivity index (χ3n) is 4.01. The number of rotatable bonds is 4. The van der Waals surface area contributed by atoms with E-state index in [9.17, 15) is 5.11 Å². The van der Waals surface area contributed by atoms with Crippen molar-refractivity contribution in [2.75, 3.05) is 0 Å². The Labute approximate surface area is 110 Å². The molecule has 1 atom stereocenters. The van der Waals surface area contributed by atoms with Crippen LogP contribution in [0.4, 0.5) is 0 Å². The van der Waals surface area contributed by atoms with E-state index in [-0.39, 0.29) is 6.04 Å². The van der Waals surface area contributed by atoms with Crippen LogP contribution in [0.25, 0.3) is 0 Å². The van der Waals surface area contributed by atoms with Crippen molar-refractivity contribution in [2.24, 2.45) is 0 Å². The van der Waals surface area contributed by atoms with Gasteiger partial charge in [0.25, 0.3) is 0 Å². The Morgan fingerprint density at radius 3 is 2.44 bits per heavy atom. The van der Waals surface area contributed by atoms with Crippen molar-refractivity contribution < 1.29 is 5.11 Å². The molecule has 0 radical (unpaired) electrons. The molecule has 1 aromatic carbocycles. The molecule has 0 aromatic heterocycles. The van der Waals surface area contributed by atoms with Crippen LogP contribution in [0.15, 0.2) is 24.3 Å². The van der Waals surface area contributed by atoms with Gasteiger partial charge in [-0.1, -0.05) is 50.8 Å². The normalized spacial score (nSPS) is 19.4. The van der Waals surface area contributed by atoms with E-state index >= 15 is 0 Å². The quantitative estimate of drug-likeness (QED) is 0.783. The van der Waals surface area contributed by atoms with Gasteiger partial charge in [0, 0.05) is 17.6 Å². The summed E-state index contributed by atoms with van der Waals surface area (Å²) in [6.45, 7) is 2.18. The summed E-state index contributed by atoms with van der Waals surface area (Å²) in [6, 6.07) is 8.62. The van der Waals surface area contributed by atoms with Gasteiger partial charge in [0.2, 0.25) is 0 Å². The summed E-state index contributed by atoms with van der Waals surface area (Å²) < 4.78 is 0. The highest BCUT2D eigenvalue weighted by Gasteiger charge is 2.18. The molecule has 1 aliphatic carbocycles. The molecule has 0 aliphatic heterocycles. The van der Waals surface area contributed by atoms with Crippen LogP contribution in [0.2, 0.25) is 0 Å². The first-order valence-corrected chi connectivity index (χ1v) is 7.35. The summed E-state index contributed by atoms with van der Waals surface area (Å²) in [5.74, 6) is 0.422. The number of phenols is 1. The highest BCUT2D eigenvalue weighted by Crippen LogP contribution is 2.28. The first-order chi connectivity index (χ1) is 8.81. The molecule has 0 bridgehead atoms. The van der Waals surface area contributed by atoms with E-state index in [1.165, 1.54) is 38.5 Å². The van der Waals surface area contributed by atoms with E-state index in [0.29, 0.717) is 11.8 Å². The van der Waals surface area contributed by atoms with Gasteiger partial charge in [-0.15, -0.1) is 0 Å². The maximum Gasteiger partial charge on any atom is 0.120 e. The van der Waals surface area contributed by atoms with Crippen LogP contribution in [0.3, 0.4) is 0 Å². The molecule has 0 saturated heterocycles. The molecular formula is C16H25NO. The standard InChI is InChI=1S/C16H25NO/c1-2-15(14-11-7-8-12-16(14)18)17-13-9-5-3-4-6-10-13/h7-8,11-13,15,17-18H,2-6,9-10H2,1H3. The fraction of sp³-hybridized carbons (Fsp3) is 0.625. The largest absolute Gasteiger partial charge is 0.508 e. The second-order valence-corrected chi connectivity index (χ2v) is 5.37. The summed E-state index contributed by atoms with van der Waals surface area (Å²) in [7, 11) is 0. The summed E-state index contributed by atoms with van der Waals surface area (Å²) in [4.78, 5) is 0. The fourth-order valence-corrected chi connectivity index (χ4v) is 2.94. The van der Waals surface area contributed by atoms with Crippen molar-refractivity contribution >= 4 is 0 Å². The topological polar surface area (TPSA) is 32.3 Å². The van der Waals surface area contributed by atoms with Crippen LogP contribution in [0.1, 0.15) is 63.5 Å². The molecule has 1 unspecified atom stereocenters. The molecule has 2 rings (SSSR count). The molecule has 1 fully saturated rings. The third kappa shape index (κ3) is 3.49. The van der Waals surface area contributed by atoms with Crippen molar-refractivity contribution in [3.8, 4) is 5.75 Å². The minimum Gasteiger partial charge on any atom is -0.508 e. The first kappa shape index (κ1) is 13.4. The Balaban J connectivity index is 2.02. The van der Waals surface area contributed by atoms with Crippen molar-refractivity contribution in [3.05, 3.63) is 29.8 Å². The molecule has 0 spiro atoms. The molecule has 1 aromatic rings. The SMILES string of the molecule is CCC(NC1CCCCCC1)c1ccccc1O. The minimum atomic E-state index is 0.286.